The van der Waals surface area contributed by atoms with Crippen LogP contribution in [0.3, 0.4) is 0 Å². The predicted octanol–water partition coefficient (Wildman–Crippen LogP) is 2.47. The summed E-state index contributed by atoms with van der Waals surface area (Å²) in [5, 5.41) is 2.55. The van der Waals surface area contributed by atoms with Crippen molar-refractivity contribution in [3.05, 3.63) is 66.0 Å². The minimum atomic E-state index is -0.579. The van der Waals surface area contributed by atoms with Crippen molar-refractivity contribution >= 4 is 12.0 Å². The van der Waals surface area contributed by atoms with Crippen molar-refractivity contribution in [3.8, 4) is 0 Å². The zero-order chi connectivity index (χ0) is 21.2. The lowest BCUT2D eigenvalue weighted by Gasteiger charge is -2.36. The van der Waals surface area contributed by atoms with Gasteiger partial charge in [0.15, 0.2) is 0 Å². The maximum Gasteiger partial charge on any atom is 0.407 e. The Bertz CT molecular complexity index is 793. The van der Waals surface area contributed by atoms with Crippen molar-refractivity contribution in [1.82, 2.24) is 20.1 Å². The number of rotatable bonds is 8. The summed E-state index contributed by atoms with van der Waals surface area (Å²) in [4.78, 5) is 32.8. The molecule has 0 aliphatic carbocycles. The molecule has 0 radical (unpaired) electrons. The number of carbonyl (C=O) groups excluding carboxylic acids is 2. The lowest BCUT2D eigenvalue weighted by atomic mass is 10.0. The van der Waals surface area contributed by atoms with E-state index in [0.29, 0.717) is 0 Å². The number of benzene rings is 1. The number of likely N-dealkylation sites (tertiary alicyclic amines) is 1. The zero-order valence-electron chi connectivity index (χ0n) is 17.5. The largest absolute Gasteiger partial charge is 0.445 e. The minimum absolute atomic E-state index is 0.0516. The van der Waals surface area contributed by atoms with E-state index in [1.165, 1.54) is 0 Å². The standard InChI is InChI=1S/C23H30N4O3/c1-26(22(28)17-25-23(29)30-18-19-7-3-2-4-8-19)21-11-15-27(16-12-21)14-10-20-9-5-6-13-24-20/h2-9,13,21H,10-12,14-18H2,1H3,(H,25,29). The summed E-state index contributed by atoms with van der Waals surface area (Å²) in [6.45, 7) is 3.04. The van der Waals surface area contributed by atoms with Crippen molar-refractivity contribution in [2.24, 2.45) is 0 Å². The number of carbonyl (C=O) groups is 2. The van der Waals surface area contributed by atoms with Gasteiger partial charge in [0, 0.05) is 51.0 Å². The first-order valence-corrected chi connectivity index (χ1v) is 10.4. The predicted molar refractivity (Wildman–Crippen MR) is 115 cm³/mol. The highest BCUT2D eigenvalue weighted by atomic mass is 16.5. The average molecular weight is 411 g/mol. The molecule has 160 valence electrons. The normalized spacial score (nSPS) is 14.8. The molecule has 1 saturated heterocycles. The number of alkyl carbamates (subject to hydrolysis) is 1. The van der Waals surface area contributed by atoms with Crippen LogP contribution in [0.1, 0.15) is 24.1 Å². The number of aromatic nitrogens is 1. The number of piperidine rings is 1. The molecule has 1 aliphatic heterocycles. The Hall–Kier alpha value is -2.93. The molecule has 2 amide bonds. The molecular formula is C23H30N4O3. The third-order valence-corrected chi connectivity index (χ3v) is 5.51. The first kappa shape index (κ1) is 21.8. The summed E-state index contributed by atoms with van der Waals surface area (Å²) in [7, 11) is 1.81. The molecule has 1 aromatic carbocycles. The molecule has 0 unspecified atom stereocenters. The molecule has 0 bridgehead atoms. The third kappa shape index (κ3) is 6.84. The Morgan fingerprint density at radius 3 is 2.57 bits per heavy atom. The van der Waals surface area contributed by atoms with Gasteiger partial charge in [-0.05, 0) is 30.5 Å². The van der Waals surface area contributed by atoms with Gasteiger partial charge in [0.25, 0.3) is 0 Å². The molecule has 0 atom stereocenters. The number of nitrogens with one attached hydrogen (secondary N) is 1. The number of hydrogen-bond donors (Lipinski definition) is 1. The summed E-state index contributed by atoms with van der Waals surface area (Å²) in [5.41, 5.74) is 2.02. The van der Waals surface area contributed by atoms with Crippen molar-refractivity contribution in [1.29, 1.82) is 0 Å². The highest BCUT2D eigenvalue weighted by Crippen LogP contribution is 2.16. The third-order valence-electron chi connectivity index (χ3n) is 5.51. The van der Waals surface area contributed by atoms with Gasteiger partial charge in [-0.15, -0.1) is 0 Å². The Morgan fingerprint density at radius 1 is 1.13 bits per heavy atom. The smallest absolute Gasteiger partial charge is 0.407 e. The van der Waals surface area contributed by atoms with E-state index in [1.807, 2.05) is 55.7 Å². The van der Waals surface area contributed by atoms with Crippen LogP contribution in [0, 0.1) is 0 Å². The Kier molecular flexibility index (Phi) is 8.20. The van der Waals surface area contributed by atoms with Gasteiger partial charge in [0.2, 0.25) is 5.91 Å². The van der Waals surface area contributed by atoms with Gasteiger partial charge in [0.1, 0.15) is 13.2 Å². The van der Waals surface area contributed by atoms with E-state index in [4.69, 9.17) is 4.74 Å². The lowest BCUT2D eigenvalue weighted by Crippen LogP contribution is -2.48. The van der Waals surface area contributed by atoms with E-state index in [0.717, 1.165) is 50.2 Å². The van der Waals surface area contributed by atoms with E-state index in [1.54, 1.807) is 4.90 Å². The van der Waals surface area contributed by atoms with Crippen LogP contribution in [0.5, 0.6) is 0 Å². The number of amides is 2. The minimum Gasteiger partial charge on any atom is -0.445 e. The first-order chi connectivity index (χ1) is 14.6. The van der Waals surface area contributed by atoms with Gasteiger partial charge in [-0.1, -0.05) is 36.4 Å². The van der Waals surface area contributed by atoms with Crippen molar-refractivity contribution in [2.75, 3.05) is 33.2 Å². The SMILES string of the molecule is CN(C(=O)CNC(=O)OCc1ccccc1)C1CCN(CCc2ccccn2)CC1. The Morgan fingerprint density at radius 2 is 1.87 bits per heavy atom. The van der Waals surface area contributed by atoms with Crippen LogP contribution in [0.25, 0.3) is 0 Å². The molecule has 0 saturated carbocycles. The molecule has 30 heavy (non-hydrogen) atoms. The first-order valence-electron chi connectivity index (χ1n) is 10.4. The average Bonchev–Trinajstić information content (AvgIpc) is 2.81. The molecule has 1 fully saturated rings. The Labute approximate surface area is 178 Å². The van der Waals surface area contributed by atoms with Crippen LogP contribution in [-0.2, 0) is 22.6 Å². The molecule has 0 spiro atoms. The molecule has 7 nitrogen and oxygen atoms in total. The zero-order valence-corrected chi connectivity index (χ0v) is 17.5. The number of pyridine rings is 1. The van der Waals surface area contributed by atoms with Crippen molar-refractivity contribution in [2.45, 2.75) is 31.9 Å². The van der Waals surface area contributed by atoms with Crippen LogP contribution in [0.15, 0.2) is 54.7 Å². The molecule has 1 aliphatic rings. The summed E-state index contributed by atoms with van der Waals surface area (Å²) in [6, 6.07) is 15.6. The van der Waals surface area contributed by atoms with Gasteiger partial charge < -0.3 is 19.9 Å². The highest BCUT2D eigenvalue weighted by molar-refractivity contribution is 5.82. The molecule has 2 aromatic rings. The maximum absolute atomic E-state index is 12.4. The second-order valence-electron chi connectivity index (χ2n) is 7.56. The lowest BCUT2D eigenvalue weighted by molar-refractivity contribution is -0.131. The van der Waals surface area contributed by atoms with E-state index >= 15 is 0 Å². The highest BCUT2D eigenvalue weighted by Gasteiger charge is 2.25. The van der Waals surface area contributed by atoms with Gasteiger partial charge in [0.05, 0.1) is 0 Å². The van der Waals surface area contributed by atoms with Gasteiger partial charge in [-0.2, -0.15) is 0 Å². The molecule has 1 aromatic heterocycles. The van der Waals surface area contributed by atoms with Crippen molar-refractivity contribution < 1.29 is 14.3 Å². The van der Waals surface area contributed by atoms with E-state index < -0.39 is 6.09 Å². The van der Waals surface area contributed by atoms with Crippen molar-refractivity contribution in [3.63, 3.8) is 0 Å². The van der Waals surface area contributed by atoms with Crippen LogP contribution in [0.4, 0.5) is 4.79 Å². The van der Waals surface area contributed by atoms with Crippen LogP contribution in [-0.4, -0.2) is 66.1 Å². The number of likely N-dealkylation sites (N-methyl/N-ethyl adjacent to an activating group) is 1. The number of hydrogen-bond acceptors (Lipinski definition) is 5. The fraction of sp³-hybridized carbons (Fsp3) is 0.435. The molecule has 2 heterocycles. The molecule has 7 heteroatoms. The number of nitrogens with zero attached hydrogens (tertiary/aromatic N) is 3. The Balaban J connectivity index is 1.32. The fourth-order valence-corrected chi connectivity index (χ4v) is 3.60. The summed E-state index contributed by atoms with van der Waals surface area (Å²) >= 11 is 0. The van der Waals surface area contributed by atoms with E-state index in [2.05, 4.69) is 21.3 Å². The van der Waals surface area contributed by atoms with E-state index in [-0.39, 0.29) is 25.1 Å². The maximum atomic E-state index is 12.4. The quantitative estimate of drug-likeness (QED) is 0.724. The summed E-state index contributed by atoms with van der Waals surface area (Å²) in [5.74, 6) is -0.0985. The van der Waals surface area contributed by atoms with Gasteiger partial charge in [-0.25, -0.2) is 4.79 Å². The summed E-state index contributed by atoms with van der Waals surface area (Å²) < 4.78 is 5.15. The van der Waals surface area contributed by atoms with Crippen LogP contribution in [0.2, 0.25) is 0 Å². The van der Waals surface area contributed by atoms with Gasteiger partial charge in [-0.3, -0.25) is 9.78 Å². The van der Waals surface area contributed by atoms with E-state index in [9.17, 15) is 9.59 Å². The molecular weight excluding hydrogens is 380 g/mol. The van der Waals surface area contributed by atoms with Crippen LogP contribution >= 0.6 is 0 Å². The summed E-state index contributed by atoms with van der Waals surface area (Å²) in [6.07, 6.45) is 4.05. The fourth-order valence-electron chi connectivity index (χ4n) is 3.60. The number of ether oxygens (including phenoxy) is 1. The second-order valence-corrected chi connectivity index (χ2v) is 7.56. The van der Waals surface area contributed by atoms with Crippen LogP contribution < -0.4 is 5.32 Å². The molecule has 3 rings (SSSR count). The topological polar surface area (TPSA) is 74.8 Å². The second kappa shape index (κ2) is 11.3. The molecule has 1 N–H and O–H groups in total. The monoisotopic (exact) mass is 410 g/mol. The van der Waals surface area contributed by atoms with Gasteiger partial charge >= 0.3 is 6.09 Å².